The number of furan rings is 1. The van der Waals surface area contributed by atoms with Crippen LogP contribution in [0, 0.1) is 18.3 Å². The van der Waals surface area contributed by atoms with Gasteiger partial charge in [-0.05, 0) is 24.1 Å². The Labute approximate surface area is 122 Å². The molecular weight excluding hydrogens is 262 g/mol. The Morgan fingerprint density at radius 1 is 1.14 bits per heavy atom. The van der Waals surface area contributed by atoms with E-state index in [0.717, 1.165) is 16.5 Å². The number of hydrogen-bond acceptors (Lipinski definition) is 3. The van der Waals surface area contributed by atoms with Gasteiger partial charge in [-0.1, -0.05) is 42.5 Å². The molecule has 102 valence electrons. The number of nitrogens with zero attached hydrogens (tertiary/aromatic N) is 1. The number of carbonyl (C=O) groups excluding carboxylic acids is 1. The highest BCUT2D eigenvalue weighted by Gasteiger charge is 2.25. The Kier molecular flexibility index (Phi) is 3.29. The number of rotatable bonds is 3. The Morgan fingerprint density at radius 3 is 2.62 bits per heavy atom. The van der Waals surface area contributed by atoms with Gasteiger partial charge in [-0.25, -0.2) is 0 Å². The van der Waals surface area contributed by atoms with E-state index < -0.39 is 5.92 Å². The van der Waals surface area contributed by atoms with Crippen LogP contribution in [0.5, 0.6) is 0 Å². The molecule has 2 aromatic carbocycles. The van der Waals surface area contributed by atoms with Gasteiger partial charge < -0.3 is 4.42 Å². The van der Waals surface area contributed by atoms with Crippen molar-refractivity contribution in [2.45, 2.75) is 12.8 Å². The molecule has 0 aliphatic heterocycles. The minimum Gasteiger partial charge on any atom is -0.464 e. The summed E-state index contributed by atoms with van der Waals surface area (Å²) in [4.78, 5) is 12.7. The minimum atomic E-state index is -0.813. The lowest BCUT2D eigenvalue weighted by molar-refractivity contribution is 0.0979. The van der Waals surface area contributed by atoms with Gasteiger partial charge in [-0.2, -0.15) is 5.26 Å². The first-order valence-corrected chi connectivity index (χ1v) is 6.68. The molecule has 0 aliphatic rings. The quantitative estimate of drug-likeness (QED) is 0.672. The topological polar surface area (TPSA) is 54.0 Å². The molecule has 0 fully saturated rings. The molecule has 1 aromatic heterocycles. The van der Waals surface area contributed by atoms with Gasteiger partial charge in [0.25, 0.3) is 0 Å². The molecule has 0 saturated carbocycles. The molecule has 0 spiro atoms. The maximum Gasteiger partial charge on any atom is 0.188 e. The summed E-state index contributed by atoms with van der Waals surface area (Å²) in [6, 6.07) is 16.9. The summed E-state index contributed by atoms with van der Waals surface area (Å²) in [5.74, 6) is -1.04. The zero-order chi connectivity index (χ0) is 14.8. The van der Waals surface area contributed by atoms with Gasteiger partial charge in [-0.15, -0.1) is 0 Å². The zero-order valence-corrected chi connectivity index (χ0v) is 11.5. The van der Waals surface area contributed by atoms with E-state index in [1.807, 2.05) is 49.4 Å². The predicted molar refractivity (Wildman–Crippen MR) is 80.1 cm³/mol. The van der Waals surface area contributed by atoms with Crippen LogP contribution in [0.4, 0.5) is 0 Å². The second-order valence-corrected chi connectivity index (χ2v) is 4.93. The first kappa shape index (κ1) is 13.1. The predicted octanol–water partition coefficient (Wildman–Crippen LogP) is 4.23. The molecule has 0 amide bonds. The summed E-state index contributed by atoms with van der Waals surface area (Å²) in [7, 11) is 0. The van der Waals surface area contributed by atoms with Crippen LogP contribution < -0.4 is 0 Å². The highest BCUT2D eigenvalue weighted by atomic mass is 16.3. The number of aryl methyl sites for hydroxylation is 1. The van der Waals surface area contributed by atoms with E-state index in [1.165, 1.54) is 6.26 Å². The van der Waals surface area contributed by atoms with Gasteiger partial charge in [0.2, 0.25) is 0 Å². The zero-order valence-electron chi connectivity index (χ0n) is 11.5. The third kappa shape index (κ3) is 2.21. The molecule has 0 aliphatic carbocycles. The highest BCUT2D eigenvalue weighted by molar-refractivity contribution is 6.11. The van der Waals surface area contributed by atoms with Crippen molar-refractivity contribution in [2.24, 2.45) is 0 Å². The van der Waals surface area contributed by atoms with Crippen LogP contribution >= 0.6 is 0 Å². The molecule has 0 bridgehead atoms. The maximum absolute atomic E-state index is 12.7. The molecule has 1 unspecified atom stereocenters. The fraction of sp³-hybridized carbons (Fsp3) is 0.111. The van der Waals surface area contributed by atoms with E-state index in [2.05, 4.69) is 6.07 Å². The Hall–Kier alpha value is -2.86. The van der Waals surface area contributed by atoms with Gasteiger partial charge in [0.05, 0.1) is 11.6 Å². The Bertz CT molecular complexity index is 855. The van der Waals surface area contributed by atoms with Crippen LogP contribution in [0.25, 0.3) is 11.0 Å². The fourth-order valence-corrected chi connectivity index (χ4v) is 2.50. The average molecular weight is 275 g/mol. The maximum atomic E-state index is 12.7. The van der Waals surface area contributed by atoms with Crippen LogP contribution in [-0.2, 0) is 0 Å². The van der Waals surface area contributed by atoms with E-state index in [0.29, 0.717) is 11.1 Å². The van der Waals surface area contributed by atoms with Crippen LogP contribution in [0.1, 0.15) is 27.4 Å². The molecule has 3 nitrogen and oxygen atoms in total. The molecule has 21 heavy (non-hydrogen) atoms. The molecule has 1 atom stereocenters. The first-order chi connectivity index (χ1) is 10.2. The smallest absolute Gasteiger partial charge is 0.188 e. The molecule has 3 aromatic rings. The summed E-state index contributed by atoms with van der Waals surface area (Å²) < 4.78 is 5.40. The number of nitriles is 1. The largest absolute Gasteiger partial charge is 0.464 e. The van der Waals surface area contributed by atoms with Crippen LogP contribution in [-0.4, -0.2) is 5.78 Å². The van der Waals surface area contributed by atoms with Gasteiger partial charge >= 0.3 is 0 Å². The second-order valence-electron chi connectivity index (χ2n) is 4.93. The van der Waals surface area contributed by atoms with Crippen molar-refractivity contribution >= 4 is 16.8 Å². The molecule has 1 heterocycles. The number of hydrogen-bond donors (Lipinski definition) is 0. The van der Waals surface area contributed by atoms with Crippen molar-refractivity contribution < 1.29 is 9.21 Å². The van der Waals surface area contributed by atoms with Crippen LogP contribution in [0.15, 0.2) is 59.2 Å². The number of ketones is 1. The van der Waals surface area contributed by atoms with E-state index >= 15 is 0 Å². The van der Waals surface area contributed by atoms with E-state index in [4.69, 9.17) is 4.42 Å². The van der Waals surface area contributed by atoms with Crippen molar-refractivity contribution in [1.29, 1.82) is 5.26 Å². The number of fused-ring (bicyclic) bond motifs is 1. The summed E-state index contributed by atoms with van der Waals surface area (Å²) in [5, 5.41) is 10.2. The third-order valence-electron chi connectivity index (χ3n) is 3.64. The lowest BCUT2D eigenvalue weighted by Gasteiger charge is -2.10. The first-order valence-electron chi connectivity index (χ1n) is 6.68. The number of Topliss-reactive ketones (excluding diaryl/α,β-unsaturated/α-hetero) is 1. The molecular formula is C18H13NO2. The van der Waals surface area contributed by atoms with Gasteiger partial charge in [0.1, 0.15) is 17.8 Å². The van der Waals surface area contributed by atoms with Crippen molar-refractivity contribution in [1.82, 2.24) is 0 Å². The average Bonchev–Trinajstić information content (AvgIpc) is 2.93. The van der Waals surface area contributed by atoms with Crippen molar-refractivity contribution in [3.8, 4) is 6.07 Å². The number of benzene rings is 2. The Morgan fingerprint density at radius 2 is 1.86 bits per heavy atom. The van der Waals surface area contributed by atoms with Gasteiger partial charge in [0, 0.05) is 5.39 Å². The molecule has 3 heteroatoms. The van der Waals surface area contributed by atoms with E-state index in [9.17, 15) is 10.1 Å². The minimum absolute atomic E-state index is 0.225. The molecule has 0 saturated heterocycles. The summed E-state index contributed by atoms with van der Waals surface area (Å²) in [6.45, 7) is 1.90. The third-order valence-corrected chi connectivity index (χ3v) is 3.64. The lowest BCUT2D eigenvalue weighted by atomic mass is 9.89. The van der Waals surface area contributed by atoms with Crippen molar-refractivity contribution in [2.75, 3.05) is 0 Å². The van der Waals surface area contributed by atoms with E-state index in [-0.39, 0.29) is 5.78 Å². The van der Waals surface area contributed by atoms with Gasteiger partial charge in [0.15, 0.2) is 5.78 Å². The van der Waals surface area contributed by atoms with Crippen molar-refractivity contribution in [3.63, 3.8) is 0 Å². The molecule has 3 rings (SSSR count). The lowest BCUT2D eigenvalue weighted by Crippen LogP contribution is -2.12. The van der Waals surface area contributed by atoms with Crippen molar-refractivity contribution in [3.05, 3.63) is 71.5 Å². The standard InChI is InChI=1S/C18H13NO2/c1-12-6-2-3-7-13(12)15(10-19)18(20)16-11-21-17-9-5-4-8-14(16)17/h2-9,11,15H,1H3. The summed E-state index contributed by atoms with van der Waals surface area (Å²) in [5.41, 5.74) is 2.79. The monoisotopic (exact) mass is 275 g/mol. The van der Waals surface area contributed by atoms with E-state index in [1.54, 1.807) is 6.07 Å². The SMILES string of the molecule is Cc1ccccc1C(C#N)C(=O)c1coc2ccccc12. The normalized spacial score (nSPS) is 12.0. The Balaban J connectivity index is 2.08. The summed E-state index contributed by atoms with van der Waals surface area (Å²) in [6.07, 6.45) is 1.44. The molecule has 0 radical (unpaired) electrons. The molecule has 0 N–H and O–H groups in total. The number of carbonyl (C=O) groups is 1. The van der Waals surface area contributed by atoms with Gasteiger partial charge in [-0.3, -0.25) is 4.79 Å². The van der Waals surface area contributed by atoms with Crippen LogP contribution in [0.2, 0.25) is 0 Å². The van der Waals surface area contributed by atoms with Crippen LogP contribution in [0.3, 0.4) is 0 Å². The highest BCUT2D eigenvalue weighted by Crippen LogP contribution is 2.28. The number of para-hydroxylation sites is 1. The fourth-order valence-electron chi connectivity index (χ4n) is 2.50. The summed E-state index contributed by atoms with van der Waals surface area (Å²) >= 11 is 0. The second kappa shape index (κ2) is 5.26.